The third kappa shape index (κ3) is 3.21. The lowest BCUT2D eigenvalue weighted by Crippen LogP contribution is -2.21. The summed E-state index contributed by atoms with van der Waals surface area (Å²) in [5.41, 5.74) is 2.89. The SMILES string of the molecule is Cc1csc2nc(CN(C)Cc3ccc(Cl)cc3)cc(=O)n12. The number of hydrogen-bond acceptors (Lipinski definition) is 4. The van der Waals surface area contributed by atoms with Gasteiger partial charge in [-0.1, -0.05) is 23.7 Å². The molecule has 1 aromatic carbocycles. The number of nitrogens with zero attached hydrogens (tertiary/aromatic N) is 3. The van der Waals surface area contributed by atoms with E-state index in [0.29, 0.717) is 6.54 Å². The molecule has 0 fully saturated rings. The van der Waals surface area contributed by atoms with Crippen molar-refractivity contribution in [2.45, 2.75) is 20.0 Å². The zero-order chi connectivity index (χ0) is 15.7. The summed E-state index contributed by atoms with van der Waals surface area (Å²) in [5, 5.41) is 2.69. The Morgan fingerprint density at radius 2 is 2.00 bits per heavy atom. The van der Waals surface area contributed by atoms with E-state index in [1.54, 1.807) is 10.5 Å². The second-order valence-corrected chi connectivity index (χ2v) is 6.65. The molecule has 114 valence electrons. The van der Waals surface area contributed by atoms with Gasteiger partial charge in [0, 0.05) is 35.3 Å². The van der Waals surface area contributed by atoms with Crippen molar-refractivity contribution in [3.63, 3.8) is 0 Å². The number of fused-ring (bicyclic) bond motifs is 1. The van der Waals surface area contributed by atoms with E-state index in [4.69, 9.17) is 11.6 Å². The third-order valence-electron chi connectivity index (χ3n) is 3.43. The van der Waals surface area contributed by atoms with Crippen LogP contribution < -0.4 is 5.56 Å². The zero-order valence-electron chi connectivity index (χ0n) is 12.4. The van der Waals surface area contributed by atoms with Crippen LogP contribution in [0.4, 0.5) is 0 Å². The van der Waals surface area contributed by atoms with Gasteiger partial charge in [-0.15, -0.1) is 11.3 Å². The van der Waals surface area contributed by atoms with Gasteiger partial charge < -0.3 is 0 Å². The average molecular weight is 334 g/mol. The van der Waals surface area contributed by atoms with Crippen LogP contribution in [0.15, 0.2) is 40.5 Å². The molecule has 0 N–H and O–H groups in total. The van der Waals surface area contributed by atoms with Crippen molar-refractivity contribution in [3.05, 3.63) is 68.0 Å². The number of halogens is 1. The summed E-state index contributed by atoms with van der Waals surface area (Å²) in [6.07, 6.45) is 0. The summed E-state index contributed by atoms with van der Waals surface area (Å²) in [7, 11) is 2.01. The summed E-state index contributed by atoms with van der Waals surface area (Å²) in [6, 6.07) is 9.40. The van der Waals surface area contributed by atoms with E-state index in [0.717, 1.165) is 27.9 Å². The van der Waals surface area contributed by atoms with Gasteiger partial charge in [0.25, 0.3) is 5.56 Å². The fourth-order valence-electron chi connectivity index (χ4n) is 2.42. The van der Waals surface area contributed by atoms with Crippen molar-refractivity contribution in [3.8, 4) is 0 Å². The fourth-order valence-corrected chi connectivity index (χ4v) is 3.43. The minimum absolute atomic E-state index is 0.0151. The van der Waals surface area contributed by atoms with Crippen LogP contribution in [0, 0.1) is 6.92 Å². The molecule has 0 unspecified atom stereocenters. The van der Waals surface area contributed by atoms with Crippen molar-refractivity contribution in [1.82, 2.24) is 14.3 Å². The number of hydrogen-bond donors (Lipinski definition) is 0. The Morgan fingerprint density at radius 3 is 2.73 bits per heavy atom. The maximum Gasteiger partial charge on any atom is 0.259 e. The van der Waals surface area contributed by atoms with E-state index in [9.17, 15) is 4.79 Å². The lowest BCUT2D eigenvalue weighted by Gasteiger charge is -2.16. The van der Waals surface area contributed by atoms with E-state index >= 15 is 0 Å². The molecule has 0 spiro atoms. The molecule has 3 aromatic rings. The molecule has 0 aliphatic carbocycles. The Labute approximate surface area is 137 Å². The first-order valence-electron chi connectivity index (χ1n) is 6.93. The number of thiazole rings is 1. The number of rotatable bonds is 4. The lowest BCUT2D eigenvalue weighted by atomic mass is 10.2. The van der Waals surface area contributed by atoms with Crippen molar-refractivity contribution in [2.24, 2.45) is 0 Å². The van der Waals surface area contributed by atoms with Crippen molar-refractivity contribution >= 4 is 27.9 Å². The Bertz CT molecular complexity index is 854. The number of aromatic nitrogens is 2. The molecule has 0 amide bonds. The molecule has 2 aromatic heterocycles. The summed E-state index contributed by atoms with van der Waals surface area (Å²) in [4.78, 5) is 19.6. The highest BCUT2D eigenvalue weighted by Crippen LogP contribution is 2.14. The van der Waals surface area contributed by atoms with Crippen LogP contribution in [0.25, 0.3) is 4.96 Å². The molecule has 6 heteroatoms. The maximum absolute atomic E-state index is 12.2. The van der Waals surface area contributed by atoms with Crippen molar-refractivity contribution in [1.29, 1.82) is 0 Å². The lowest BCUT2D eigenvalue weighted by molar-refractivity contribution is 0.315. The molecule has 0 aliphatic heterocycles. The Hall–Kier alpha value is -1.69. The average Bonchev–Trinajstić information content (AvgIpc) is 2.83. The highest BCUT2D eigenvalue weighted by molar-refractivity contribution is 7.15. The van der Waals surface area contributed by atoms with Crippen LogP contribution in [0.1, 0.15) is 17.0 Å². The van der Waals surface area contributed by atoms with Crippen LogP contribution in [0.2, 0.25) is 5.02 Å². The standard InChI is InChI=1S/C16H16ClN3OS/c1-11-10-22-16-18-14(7-15(21)20(11)16)9-19(2)8-12-3-5-13(17)6-4-12/h3-7,10H,8-9H2,1-2H3. The number of aryl methyl sites for hydroxylation is 1. The topological polar surface area (TPSA) is 37.6 Å². The molecule has 0 bridgehead atoms. The normalized spacial score (nSPS) is 11.5. The zero-order valence-corrected chi connectivity index (χ0v) is 14.0. The van der Waals surface area contributed by atoms with E-state index in [-0.39, 0.29) is 5.56 Å². The van der Waals surface area contributed by atoms with E-state index in [2.05, 4.69) is 9.88 Å². The molecule has 0 saturated carbocycles. The molecule has 4 nitrogen and oxygen atoms in total. The van der Waals surface area contributed by atoms with Crippen LogP contribution in [-0.4, -0.2) is 21.3 Å². The molecule has 0 aliphatic rings. The van der Waals surface area contributed by atoms with E-state index in [1.807, 2.05) is 43.6 Å². The highest BCUT2D eigenvalue weighted by atomic mass is 35.5. The number of benzene rings is 1. The van der Waals surface area contributed by atoms with Gasteiger partial charge in [0.1, 0.15) is 0 Å². The first kappa shape index (κ1) is 15.2. The summed E-state index contributed by atoms with van der Waals surface area (Å²) >= 11 is 7.39. The first-order valence-corrected chi connectivity index (χ1v) is 8.18. The van der Waals surface area contributed by atoms with Gasteiger partial charge in [-0.2, -0.15) is 0 Å². The molecule has 22 heavy (non-hydrogen) atoms. The van der Waals surface area contributed by atoms with Gasteiger partial charge >= 0.3 is 0 Å². The van der Waals surface area contributed by atoms with Crippen molar-refractivity contribution < 1.29 is 0 Å². The second-order valence-electron chi connectivity index (χ2n) is 5.38. The monoisotopic (exact) mass is 333 g/mol. The predicted octanol–water partition coefficient (Wildman–Crippen LogP) is 3.35. The van der Waals surface area contributed by atoms with Gasteiger partial charge in [-0.05, 0) is 31.7 Å². The molecule has 3 rings (SSSR count). The van der Waals surface area contributed by atoms with Crippen LogP contribution in [0.5, 0.6) is 0 Å². The van der Waals surface area contributed by atoms with E-state index < -0.39 is 0 Å². The van der Waals surface area contributed by atoms with Gasteiger partial charge in [0.15, 0.2) is 4.96 Å². The molecule has 2 heterocycles. The quantitative estimate of drug-likeness (QED) is 0.735. The highest BCUT2D eigenvalue weighted by Gasteiger charge is 2.08. The van der Waals surface area contributed by atoms with E-state index in [1.165, 1.54) is 16.9 Å². The second kappa shape index (κ2) is 6.20. The summed E-state index contributed by atoms with van der Waals surface area (Å²) in [6.45, 7) is 3.33. The van der Waals surface area contributed by atoms with Gasteiger partial charge in [-0.25, -0.2) is 4.98 Å². The van der Waals surface area contributed by atoms with Crippen LogP contribution >= 0.6 is 22.9 Å². The minimum Gasteiger partial charge on any atom is -0.296 e. The molecular formula is C16H16ClN3OS. The minimum atomic E-state index is -0.0151. The largest absolute Gasteiger partial charge is 0.296 e. The van der Waals surface area contributed by atoms with Crippen LogP contribution in [-0.2, 0) is 13.1 Å². The molecule has 0 atom stereocenters. The Morgan fingerprint density at radius 1 is 1.27 bits per heavy atom. The van der Waals surface area contributed by atoms with Gasteiger partial charge in [0.05, 0.1) is 5.69 Å². The van der Waals surface area contributed by atoms with Gasteiger partial charge in [-0.3, -0.25) is 14.1 Å². The summed E-state index contributed by atoms with van der Waals surface area (Å²) in [5.74, 6) is 0. The summed E-state index contributed by atoms with van der Waals surface area (Å²) < 4.78 is 1.65. The maximum atomic E-state index is 12.2. The predicted molar refractivity (Wildman–Crippen MR) is 90.7 cm³/mol. The van der Waals surface area contributed by atoms with Crippen LogP contribution in [0.3, 0.4) is 0 Å². The molecular weight excluding hydrogens is 318 g/mol. The first-order chi connectivity index (χ1) is 10.5. The Balaban J connectivity index is 1.77. The molecule has 0 radical (unpaired) electrons. The molecule has 0 saturated heterocycles. The Kier molecular flexibility index (Phi) is 4.29. The fraction of sp³-hybridized carbons (Fsp3) is 0.250. The van der Waals surface area contributed by atoms with Gasteiger partial charge in [0.2, 0.25) is 0 Å². The third-order valence-corrected chi connectivity index (χ3v) is 4.62. The smallest absolute Gasteiger partial charge is 0.259 e. The van der Waals surface area contributed by atoms with Crippen molar-refractivity contribution in [2.75, 3.05) is 7.05 Å².